The Morgan fingerprint density at radius 3 is 2.64 bits per heavy atom. The average molecular weight is 200 g/mol. The Balaban J connectivity index is 3.15. The SMILES string of the molecule is C=C[Si](C)(C)c1cccc(C#CC)c1. The van der Waals surface area contributed by atoms with Crippen LogP contribution >= 0.6 is 0 Å². The molecular weight excluding hydrogens is 184 g/mol. The molecule has 0 saturated heterocycles. The van der Waals surface area contributed by atoms with E-state index in [4.69, 9.17) is 0 Å². The molecule has 0 aliphatic rings. The van der Waals surface area contributed by atoms with Gasteiger partial charge in [-0.1, -0.05) is 42.0 Å². The van der Waals surface area contributed by atoms with E-state index >= 15 is 0 Å². The molecule has 0 aliphatic heterocycles. The molecule has 0 N–H and O–H groups in total. The van der Waals surface area contributed by atoms with Gasteiger partial charge in [0.2, 0.25) is 0 Å². The maximum absolute atomic E-state index is 3.91. The molecule has 0 spiro atoms. The second kappa shape index (κ2) is 4.30. The van der Waals surface area contributed by atoms with Crippen LogP contribution in [0.4, 0.5) is 0 Å². The van der Waals surface area contributed by atoms with E-state index in [2.05, 4.69) is 55.4 Å². The minimum atomic E-state index is -1.42. The average Bonchev–Trinajstić information content (AvgIpc) is 2.19. The highest BCUT2D eigenvalue weighted by Gasteiger charge is 2.18. The van der Waals surface area contributed by atoms with Crippen molar-refractivity contribution in [3.63, 3.8) is 0 Å². The molecule has 0 aromatic heterocycles. The number of benzene rings is 1. The highest BCUT2D eigenvalue weighted by molar-refractivity contribution is 6.93. The highest BCUT2D eigenvalue weighted by Crippen LogP contribution is 2.05. The van der Waals surface area contributed by atoms with Crippen molar-refractivity contribution in [2.45, 2.75) is 20.0 Å². The lowest BCUT2D eigenvalue weighted by atomic mass is 10.2. The van der Waals surface area contributed by atoms with Crippen molar-refractivity contribution >= 4 is 13.3 Å². The zero-order valence-electron chi connectivity index (χ0n) is 9.09. The van der Waals surface area contributed by atoms with E-state index < -0.39 is 8.07 Å². The summed E-state index contributed by atoms with van der Waals surface area (Å²) in [5.74, 6) is 6.00. The Labute approximate surface area is 87.7 Å². The van der Waals surface area contributed by atoms with E-state index in [1.54, 1.807) is 0 Å². The van der Waals surface area contributed by atoms with Crippen LogP contribution in [0.25, 0.3) is 0 Å². The minimum Gasteiger partial charge on any atom is -0.107 e. The van der Waals surface area contributed by atoms with Crippen LogP contribution in [0.2, 0.25) is 13.1 Å². The van der Waals surface area contributed by atoms with Crippen LogP contribution in [0.3, 0.4) is 0 Å². The van der Waals surface area contributed by atoms with Crippen molar-refractivity contribution < 1.29 is 0 Å². The fourth-order valence-corrected chi connectivity index (χ4v) is 2.55. The molecule has 0 atom stereocenters. The second-order valence-corrected chi connectivity index (χ2v) is 8.31. The van der Waals surface area contributed by atoms with Gasteiger partial charge in [0.15, 0.2) is 0 Å². The first-order valence-electron chi connectivity index (χ1n) is 4.77. The summed E-state index contributed by atoms with van der Waals surface area (Å²) in [4.78, 5) is 0. The number of hydrogen-bond acceptors (Lipinski definition) is 0. The molecular formula is C13H16Si. The molecule has 0 amide bonds. The van der Waals surface area contributed by atoms with Gasteiger partial charge in [-0.2, -0.15) is 0 Å². The van der Waals surface area contributed by atoms with Crippen LogP contribution in [0.5, 0.6) is 0 Å². The second-order valence-electron chi connectivity index (χ2n) is 3.88. The molecule has 1 heteroatoms. The molecule has 0 aliphatic carbocycles. The standard InChI is InChI=1S/C13H16Si/c1-5-8-12-9-7-10-13(11-12)14(3,4)6-2/h6-7,9-11H,2H2,1,3-4H3. The summed E-state index contributed by atoms with van der Waals surface area (Å²) in [6, 6.07) is 8.49. The lowest BCUT2D eigenvalue weighted by Gasteiger charge is -2.17. The van der Waals surface area contributed by atoms with Crippen molar-refractivity contribution in [1.29, 1.82) is 0 Å². The fraction of sp³-hybridized carbons (Fsp3) is 0.231. The maximum Gasteiger partial charge on any atom is 0.103 e. The van der Waals surface area contributed by atoms with Gasteiger partial charge in [0, 0.05) is 5.56 Å². The molecule has 0 heterocycles. The summed E-state index contributed by atoms with van der Waals surface area (Å²) in [6.45, 7) is 10.4. The third-order valence-electron chi connectivity index (χ3n) is 2.39. The van der Waals surface area contributed by atoms with Crippen molar-refractivity contribution in [3.05, 3.63) is 42.1 Å². The van der Waals surface area contributed by atoms with Gasteiger partial charge in [-0.15, -0.1) is 12.5 Å². The van der Waals surface area contributed by atoms with E-state index in [0.717, 1.165) is 5.56 Å². The smallest absolute Gasteiger partial charge is 0.103 e. The predicted molar refractivity (Wildman–Crippen MR) is 66.3 cm³/mol. The van der Waals surface area contributed by atoms with E-state index in [0.29, 0.717) is 0 Å². The third kappa shape index (κ3) is 2.37. The molecule has 0 bridgehead atoms. The van der Waals surface area contributed by atoms with Crippen LogP contribution in [-0.4, -0.2) is 8.07 Å². The zero-order valence-corrected chi connectivity index (χ0v) is 10.1. The normalized spacial score (nSPS) is 10.2. The molecule has 0 nitrogen and oxygen atoms in total. The Morgan fingerprint density at radius 1 is 1.36 bits per heavy atom. The molecule has 1 aromatic carbocycles. The van der Waals surface area contributed by atoms with Gasteiger partial charge >= 0.3 is 0 Å². The van der Waals surface area contributed by atoms with Gasteiger partial charge < -0.3 is 0 Å². The van der Waals surface area contributed by atoms with Crippen molar-refractivity contribution in [2.75, 3.05) is 0 Å². The zero-order chi connectivity index (χ0) is 10.6. The molecule has 14 heavy (non-hydrogen) atoms. The summed E-state index contributed by atoms with van der Waals surface area (Å²) in [5.41, 5.74) is 3.21. The first-order valence-corrected chi connectivity index (χ1v) is 7.85. The molecule has 0 unspecified atom stereocenters. The predicted octanol–water partition coefficient (Wildman–Crippen LogP) is 2.70. The summed E-state index contributed by atoms with van der Waals surface area (Å²) in [7, 11) is -1.42. The van der Waals surface area contributed by atoms with Crippen LogP contribution in [0.15, 0.2) is 36.5 Å². The minimum absolute atomic E-state index is 1.10. The van der Waals surface area contributed by atoms with Crippen molar-refractivity contribution in [1.82, 2.24) is 0 Å². The molecule has 0 fully saturated rings. The van der Waals surface area contributed by atoms with Gasteiger partial charge in [0.05, 0.1) is 0 Å². The lowest BCUT2D eigenvalue weighted by Crippen LogP contribution is -2.39. The Kier molecular flexibility index (Phi) is 3.32. The van der Waals surface area contributed by atoms with Crippen LogP contribution < -0.4 is 5.19 Å². The molecule has 0 saturated carbocycles. The van der Waals surface area contributed by atoms with Crippen molar-refractivity contribution in [2.24, 2.45) is 0 Å². The Bertz CT molecular complexity index is 391. The summed E-state index contributed by atoms with van der Waals surface area (Å²) < 4.78 is 0. The molecule has 1 aromatic rings. The van der Waals surface area contributed by atoms with Gasteiger partial charge in [-0.3, -0.25) is 0 Å². The Hall–Kier alpha value is -1.26. The van der Waals surface area contributed by atoms with E-state index in [1.165, 1.54) is 5.19 Å². The number of rotatable bonds is 2. The van der Waals surface area contributed by atoms with E-state index in [-0.39, 0.29) is 0 Å². The maximum atomic E-state index is 3.91. The summed E-state index contributed by atoms with van der Waals surface area (Å²) >= 11 is 0. The lowest BCUT2D eigenvalue weighted by molar-refractivity contribution is 1.65. The first kappa shape index (κ1) is 10.8. The van der Waals surface area contributed by atoms with E-state index in [9.17, 15) is 0 Å². The summed E-state index contributed by atoms with van der Waals surface area (Å²) in [5, 5.41) is 1.40. The van der Waals surface area contributed by atoms with Gasteiger partial charge in [-0.25, -0.2) is 0 Å². The van der Waals surface area contributed by atoms with Crippen LogP contribution in [-0.2, 0) is 0 Å². The molecule has 72 valence electrons. The highest BCUT2D eigenvalue weighted by atomic mass is 28.3. The van der Waals surface area contributed by atoms with Gasteiger partial charge in [-0.05, 0) is 19.1 Å². The van der Waals surface area contributed by atoms with Crippen LogP contribution in [0.1, 0.15) is 12.5 Å². The molecule has 0 radical (unpaired) electrons. The first-order chi connectivity index (χ1) is 6.60. The van der Waals surface area contributed by atoms with E-state index in [1.807, 2.05) is 13.0 Å². The fourth-order valence-electron chi connectivity index (χ4n) is 1.26. The van der Waals surface area contributed by atoms with Crippen LogP contribution in [0, 0.1) is 11.8 Å². The quantitative estimate of drug-likeness (QED) is 0.508. The Morgan fingerprint density at radius 2 is 2.07 bits per heavy atom. The summed E-state index contributed by atoms with van der Waals surface area (Å²) in [6.07, 6.45) is 0. The topological polar surface area (TPSA) is 0 Å². The van der Waals surface area contributed by atoms with Gasteiger partial charge in [0.1, 0.15) is 8.07 Å². The van der Waals surface area contributed by atoms with Gasteiger partial charge in [0.25, 0.3) is 0 Å². The molecule has 1 rings (SSSR count). The monoisotopic (exact) mass is 200 g/mol. The number of hydrogen-bond donors (Lipinski definition) is 0. The third-order valence-corrected chi connectivity index (χ3v) is 5.21. The van der Waals surface area contributed by atoms with Crippen molar-refractivity contribution in [3.8, 4) is 11.8 Å². The largest absolute Gasteiger partial charge is 0.107 e.